The van der Waals surface area contributed by atoms with Crippen molar-refractivity contribution in [3.8, 4) is 0 Å². The lowest BCUT2D eigenvalue weighted by atomic mass is 10.3. The lowest BCUT2D eigenvalue weighted by Crippen LogP contribution is -2.04. The number of carbonyl (C=O) groups is 1. The molecule has 0 saturated heterocycles. The molecular formula is C9H8BrN3O3. The fraction of sp³-hybridized carbons (Fsp3) is 0.111. The molecule has 16 heavy (non-hydrogen) atoms. The Labute approximate surface area is 99.6 Å². The molecule has 0 atom stereocenters. The van der Waals surface area contributed by atoms with Crippen molar-refractivity contribution >= 4 is 37.7 Å². The number of rotatable bonds is 4. The Bertz CT molecular complexity index is 459. The van der Waals surface area contributed by atoms with Crippen molar-refractivity contribution in [1.29, 1.82) is 0 Å². The fourth-order valence-corrected chi connectivity index (χ4v) is 1.00. The summed E-state index contributed by atoms with van der Waals surface area (Å²) in [5.74, 6) is -0.272. The summed E-state index contributed by atoms with van der Waals surface area (Å²) in [4.78, 5) is 20.9. The SMILES string of the molecule is CC(=O)/C(Br)=N\Nc1ccccc1[N+](=O)[O-]. The van der Waals surface area contributed by atoms with Gasteiger partial charge in [0.2, 0.25) is 0 Å². The summed E-state index contributed by atoms with van der Waals surface area (Å²) in [6, 6.07) is 6.03. The Balaban J connectivity index is 2.94. The maximum atomic E-state index is 10.8. The number of hydrogen-bond acceptors (Lipinski definition) is 5. The highest BCUT2D eigenvalue weighted by molar-refractivity contribution is 9.19. The zero-order valence-electron chi connectivity index (χ0n) is 8.31. The van der Waals surface area contributed by atoms with Gasteiger partial charge in [0, 0.05) is 13.0 Å². The van der Waals surface area contributed by atoms with Gasteiger partial charge in [0.25, 0.3) is 5.69 Å². The molecule has 0 aliphatic heterocycles. The predicted octanol–water partition coefficient (Wildman–Crippen LogP) is 2.30. The third-order valence-corrected chi connectivity index (χ3v) is 2.40. The van der Waals surface area contributed by atoms with Crippen LogP contribution in [0, 0.1) is 10.1 Å². The van der Waals surface area contributed by atoms with Crippen molar-refractivity contribution in [3.05, 3.63) is 34.4 Å². The van der Waals surface area contributed by atoms with E-state index in [1.54, 1.807) is 12.1 Å². The number of Topliss-reactive ketones (excluding diaryl/α,β-unsaturated/α-hetero) is 1. The van der Waals surface area contributed by atoms with Gasteiger partial charge in [0.1, 0.15) is 5.69 Å². The number of hydrazone groups is 1. The lowest BCUT2D eigenvalue weighted by molar-refractivity contribution is -0.384. The minimum atomic E-state index is -0.528. The third kappa shape index (κ3) is 3.13. The molecule has 0 fully saturated rings. The van der Waals surface area contributed by atoms with Crippen molar-refractivity contribution in [2.24, 2.45) is 5.10 Å². The van der Waals surface area contributed by atoms with Crippen molar-refractivity contribution in [2.45, 2.75) is 6.92 Å². The van der Waals surface area contributed by atoms with Gasteiger partial charge in [-0.15, -0.1) is 0 Å². The van der Waals surface area contributed by atoms with Crippen LogP contribution in [0.25, 0.3) is 0 Å². The van der Waals surface area contributed by atoms with Gasteiger partial charge in [-0.2, -0.15) is 5.10 Å². The Morgan fingerprint density at radius 3 is 2.69 bits per heavy atom. The zero-order valence-corrected chi connectivity index (χ0v) is 9.89. The van der Waals surface area contributed by atoms with Gasteiger partial charge in [0.05, 0.1) is 4.92 Å². The van der Waals surface area contributed by atoms with E-state index in [1.165, 1.54) is 19.1 Å². The first-order valence-electron chi connectivity index (χ1n) is 4.26. The van der Waals surface area contributed by atoms with Crippen LogP contribution in [0.5, 0.6) is 0 Å². The molecule has 0 aliphatic carbocycles. The van der Waals surface area contributed by atoms with E-state index in [1.807, 2.05) is 0 Å². The number of ketones is 1. The van der Waals surface area contributed by atoms with E-state index in [2.05, 4.69) is 26.5 Å². The van der Waals surface area contributed by atoms with E-state index in [-0.39, 0.29) is 21.8 Å². The summed E-state index contributed by atoms with van der Waals surface area (Å²) < 4.78 is 0.0747. The number of anilines is 1. The van der Waals surface area contributed by atoms with Crippen LogP contribution < -0.4 is 5.43 Å². The summed E-state index contributed by atoms with van der Waals surface area (Å²) in [6.45, 7) is 1.33. The van der Waals surface area contributed by atoms with Crippen LogP contribution in [-0.4, -0.2) is 15.3 Å². The number of para-hydroxylation sites is 2. The van der Waals surface area contributed by atoms with Crippen LogP contribution in [0.4, 0.5) is 11.4 Å². The number of carbonyl (C=O) groups excluding carboxylic acids is 1. The summed E-state index contributed by atoms with van der Waals surface area (Å²) in [6.07, 6.45) is 0. The molecule has 0 heterocycles. The Morgan fingerprint density at radius 2 is 2.12 bits per heavy atom. The molecule has 0 spiro atoms. The van der Waals surface area contributed by atoms with Crippen molar-refractivity contribution in [3.63, 3.8) is 0 Å². The molecule has 1 aromatic carbocycles. The van der Waals surface area contributed by atoms with Gasteiger partial charge in [-0.05, 0) is 22.0 Å². The van der Waals surface area contributed by atoms with E-state index in [9.17, 15) is 14.9 Å². The number of nitro benzene ring substituents is 1. The van der Waals surface area contributed by atoms with Crippen LogP contribution in [-0.2, 0) is 4.79 Å². The number of nitro groups is 1. The highest BCUT2D eigenvalue weighted by Crippen LogP contribution is 2.23. The molecule has 7 heteroatoms. The van der Waals surface area contributed by atoms with Crippen molar-refractivity contribution < 1.29 is 9.72 Å². The molecule has 0 radical (unpaired) electrons. The molecule has 0 aromatic heterocycles. The van der Waals surface area contributed by atoms with Crippen LogP contribution in [0.15, 0.2) is 29.4 Å². The smallest absolute Gasteiger partial charge is 0.292 e. The second-order valence-electron chi connectivity index (χ2n) is 2.84. The number of halogens is 1. The van der Waals surface area contributed by atoms with Gasteiger partial charge in [-0.3, -0.25) is 20.3 Å². The van der Waals surface area contributed by atoms with Gasteiger partial charge >= 0.3 is 0 Å². The molecule has 0 amide bonds. The first-order chi connectivity index (χ1) is 7.52. The molecule has 84 valence electrons. The largest absolute Gasteiger partial charge is 0.294 e. The van der Waals surface area contributed by atoms with Gasteiger partial charge in [-0.1, -0.05) is 12.1 Å². The highest BCUT2D eigenvalue weighted by Gasteiger charge is 2.11. The highest BCUT2D eigenvalue weighted by atomic mass is 79.9. The molecule has 0 aliphatic rings. The predicted molar refractivity (Wildman–Crippen MR) is 63.8 cm³/mol. The zero-order chi connectivity index (χ0) is 12.1. The quantitative estimate of drug-likeness (QED) is 0.523. The van der Waals surface area contributed by atoms with Gasteiger partial charge < -0.3 is 0 Å². The first-order valence-corrected chi connectivity index (χ1v) is 5.05. The third-order valence-electron chi connectivity index (χ3n) is 1.67. The van der Waals surface area contributed by atoms with E-state index in [4.69, 9.17) is 0 Å². The molecule has 1 rings (SSSR count). The normalized spacial score (nSPS) is 11.0. The second-order valence-corrected chi connectivity index (χ2v) is 3.60. The summed E-state index contributed by atoms with van der Waals surface area (Å²) >= 11 is 2.93. The van der Waals surface area contributed by atoms with Crippen LogP contribution in [0.2, 0.25) is 0 Å². The minimum Gasteiger partial charge on any atom is -0.292 e. The number of nitrogens with zero attached hydrogens (tertiary/aromatic N) is 2. The Morgan fingerprint density at radius 1 is 1.50 bits per heavy atom. The Kier molecular flexibility index (Phi) is 4.12. The maximum absolute atomic E-state index is 10.8. The second kappa shape index (κ2) is 5.36. The van der Waals surface area contributed by atoms with Crippen LogP contribution in [0.1, 0.15) is 6.92 Å². The lowest BCUT2D eigenvalue weighted by Gasteiger charge is -2.01. The topological polar surface area (TPSA) is 84.6 Å². The van der Waals surface area contributed by atoms with E-state index in [0.29, 0.717) is 0 Å². The standard InChI is InChI=1S/C9H8BrN3O3/c1-6(14)9(10)12-11-7-4-2-3-5-8(7)13(15)16/h2-5,11H,1H3/b12-9+. The molecular weight excluding hydrogens is 278 g/mol. The summed E-state index contributed by atoms with van der Waals surface area (Å²) in [5, 5.41) is 14.3. The van der Waals surface area contributed by atoms with Crippen molar-refractivity contribution in [1.82, 2.24) is 0 Å². The van der Waals surface area contributed by atoms with E-state index in [0.717, 1.165) is 0 Å². The van der Waals surface area contributed by atoms with Crippen molar-refractivity contribution in [2.75, 3.05) is 5.43 Å². The minimum absolute atomic E-state index is 0.0747. The van der Waals surface area contributed by atoms with Gasteiger partial charge in [-0.25, -0.2) is 0 Å². The van der Waals surface area contributed by atoms with Gasteiger partial charge in [0.15, 0.2) is 10.4 Å². The fourth-order valence-electron chi connectivity index (χ4n) is 0.915. The molecule has 1 N–H and O–H groups in total. The van der Waals surface area contributed by atoms with E-state index < -0.39 is 4.92 Å². The average Bonchev–Trinajstić information content (AvgIpc) is 2.25. The molecule has 0 saturated carbocycles. The van der Waals surface area contributed by atoms with Crippen LogP contribution in [0.3, 0.4) is 0 Å². The molecule has 6 nitrogen and oxygen atoms in total. The number of nitrogens with one attached hydrogen (secondary N) is 1. The number of hydrogen-bond donors (Lipinski definition) is 1. The maximum Gasteiger partial charge on any atom is 0.294 e. The summed E-state index contributed by atoms with van der Waals surface area (Å²) in [5.41, 5.74) is 2.58. The monoisotopic (exact) mass is 285 g/mol. The Hall–Kier alpha value is -1.76. The molecule has 1 aromatic rings. The molecule has 0 unspecified atom stereocenters. The van der Waals surface area contributed by atoms with E-state index >= 15 is 0 Å². The number of benzene rings is 1. The average molecular weight is 286 g/mol. The van der Waals surface area contributed by atoms with Crippen LogP contribution >= 0.6 is 15.9 Å². The first kappa shape index (κ1) is 12.3. The summed E-state index contributed by atoms with van der Waals surface area (Å²) in [7, 11) is 0. The molecule has 0 bridgehead atoms.